The van der Waals surface area contributed by atoms with E-state index in [1.165, 1.54) is 0 Å². The van der Waals surface area contributed by atoms with Crippen LogP contribution >= 0.6 is 11.6 Å². The van der Waals surface area contributed by atoms with E-state index < -0.39 is 19.7 Å². The average Bonchev–Trinajstić information content (AvgIpc) is 3.00. The minimum atomic E-state index is -3.02. The van der Waals surface area contributed by atoms with Crippen LogP contribution in [0.25, 0.3) is 0 Å². The molecule has 2 saturated heterocycles. The fourth-order valence-corrected chi connectivity index (χ4v) is 6.87. The number of nitrogens with zero attached hydrogens (tertiary/aromatic N) is 1. The molecule has 9 heteroatoms. The van der Waals surface area contributed by atoms with E-state index in [9.17, 15) is 16.8 Å². The van der Waals surface area contributed by atoms with Gasteiger partial charge in [0.05, 0.1) is 23.0 Å². The van der Waals surface area contributed by atoms with Crippen molar-refractivity contribution in [3.63, 3.8) is 0 Å². The maximum atomic E-state index is 11.8. The molecule has 2 heterocycles. The molecule has 1 aromatic rings. The van der Waals surface area contributed by atoms with Crippen molar-refractivity contribution < 1.29 is 16.8 Å². The molecule has 1 N–H and O–H groups in total. The van der Waals surface area contributed by atoms with E-state index in [0.29, 0.717) is 24.4 Å². The van der Waals surface area contributed by atoms with Crippen LogP contribution < -0.4 is 5.43 Å². The Morgan fingerprint density at radius 1 is 1.08 bits per heavy atom. The molecule has 0 saturated carbocycles. The quantitative estimate of drug-likeness (QED) is 0.753. The Labute approximate surface area is 148 Å². The number of hydrogen-bond acceptors (Lipinski definition) is 6. The molecule has 2 fully saturated rings. The van der Waals surface area contributed by atoms with Crippen LogP contribution in [0.5, 0.6) is 0 Å². The van der Waals surface area contributed by atoms with Crippen molar-refractivity contribution in [3.05, 3.63) is 34.9 Å². The van der Waals surface area contributed by atoms with Crippen LogP contribution in [0.2, 0.25) is 5.02 Å². The normalized spacial score (nSPS) is 28.4. The van der Waals surface area contributed by atoms with Crippen molar-refractivity contribution in [3.8, 4) is 0 Å². The first-order chi connectivity index (χ1) is 11.2. The van der Waals surface area contributed by atoms with Gasteiger partial charge >= 0.3 is 0 Å². The summed E-state index contributed by atoms with van der Waals surface area (Å²) in [5, 5.41) is 2.51. The van der Waals surface area contributed by atoms with E-state index in [1.807, 2.05) is 23.2 Å². The van der Waals surface area contributed by atoms with Crippen molar-refractivity contribution in [2.45, 2.75) is 31.5 Å². The van der Waals surface area contributed by atoms with Gasteiger partial charge in [0.2, 0.25) is 0 Å². The zero-order valence-electron chi connectivity index (χ0n) is 13.2. The molecule has 3 rings (SSSR count). The summed E-state index contributed by atoms with van der Waals surface area (Å²) in [6.45, 7) is 0.483. The van der Waals surface area contributed by atoms with Gasteiger partial charge in [0.15, 0.2) is 19.7 Å². The van der Waals surface area contributed by atoms with Crippen LogP contribution in [0.4, 0.5) is 0 Å². The number of halogens is 1. The van der Waals surface area contributed by atoms with E-state index in [2.05, 4.69) is 5.43 Å². The summed E-state index contributed by atoms with van der Waals surface area (Å²) in [5.74, 6) is 0.547. The number of rotatable bonds is 5. The predicted octanol–water partition coefficient (Wildman–Crippen LogP) is 1.02. The van der Waals surface area contributed by atoms with Gasteiger partial charge in [-0.25, -0.2) is 21.8 Å². The molecular formula is C15H21ClN2O4S2. The SMILES string of the molecule is O=S1(=O)CC[C@H](NN(Cc2cccc(Cl)c2)[C@@H]2CCS(=O)(=O)C2)C1. The molecule has 2 atom stereocenters. The van der Waals surface area contributed by atoms with Gasteiger partial charge in [-0.2, -0.15) is 0 Å². The molecule has 1 aromatic carbocycles. The molecule has 0 aliphatic carbocycles. The minimum absolute atomic E-state index is 0.0957. The van der Waals surface area contributed by atoms with Crippen molar-refractivity contribution in [2.75, 3.05) is 23.0 Å². The summed E-state index contributed by atoms with van der Waals surface area (Å²) >= 11 is 6.03. The highest BCUT2D eigenvalue weighted by atomic mass is 35.5. The molecule has 0 radical (unpaired) electrons. The molecular weight excluding hydrogens is 372 g/mol. The Bertz CT molecular complexity index is 811. The Kier molecular flexibility index (Phi) is 5.22. The second kappa shape index (κ2) is 6.92. The number of sulfone groups is 2. The molecule has 2 aliphatic rings. The second-order valence-corrected chi connectivity index (χ2v) is 11.4. The smallest absolute Gasteiger partial charge is 0.151 e. The summed E-state index contributed by atoms with van der Waals surface area (Å²) in [6, 6.07) is 7.07. The largest absolute Gasteiger partial charge is 0.250 e. The zero-order chi connectivity index (χ0) is 17.4. The van der Waals surface area contributed by atoms with Gasteiger partial charge < -0.3 is 0 Å². The van der Waals surface area contributed by atoms with Gasteiger partial charge in [-0.3, -0.25) is 5.43 Å². The first kappa shape index (κ1) is 18.1. The highest BCUT2D eigenvalue weighted by Gasteiger charge is 2.35. The lowest BCUT2D eigenvalue weighted by molar-refractivity contribution is 0.108. The van der Waals surface area contributed by atoms with E-state index in [-0.39, 0.29) is 35.1 Å². The van der Waals surface area contributed by atoms with Gasteiger partial charge in [0.1, 0.15) is 0 Å². The van der Waals surface area contributed by atoms with Gasteiger partial charge in [0, 0.05) is 23.7 Å². The van der Waals surface area contributed by atoms with Gasteiger partial charge in [0.25, 0.3) is 0 Å². The highest BCUT2D eigenvalue weighted by Crippen LogP contribution is 2.21. The summed E-state index contributed by atoms with van der Waals surface area (Å²) in [6.07, 6.45) is 1.10. The standard InChI is InChI=1S/C15H21ClN2O4S2/c16-13-3-1-2-12(8-13)9-18(15-5-7-24(21,22)11-15)17-14-4-6-23(19,20)10-14/h1-3,8,14-15,17H,4-7,9-11H2/t14-,15+/m0/s1. The van der Waals surface area contributed by atoms with Crippen LogP contribution in [0.1, 0.15) is 18.4 Å². The minimum Gasteiger partial charge on any atom is -0.250 e. The predicted molar refractivity (Wildman–Crippen MR) is 94.2 cm³/mol. The fraction of sp³-hybridized carbons (Fsp3) is 0.600. The second-order valence-electron chi connectivity index (χ2n) is 6.54. The number of nitrogens with one attached hydrogen (secondary N) is 1. The van der Waals surface area contributed by atoms with E-state index in [0.717, 1.165) is 5.56 Å². The number of hydrazine groups is 1. The van der Waals surface area contributed by atoms with E-state index in [1.54, 1.807) is 6.07 Å². The third-order valence-corrected chi connectivity index (χ3v) is 8.23. The molecule has 2 aliphatic heterocycles. The summed E-state index contributed by atoms with van der Waals surface area (Å²) in [4.78, 5) is 0. The van der Waals surface area contributed by atoms with Crippen molar-refractivity contribution in [1.82, 2.24) is 10.4 Å². The lowest BCUT2D eigenvalue weighted by Gasteiger charge is -2.31. The van der Waals surface area contributed by atoms with Crippen LogP contribution in [-0.2, 0) is 26.2 Å². The maximum absolute atomic E-state index is 11.8. The monoisotopic (exact) mass is 392 g/mol. The Morgan fingerprint density at radius 3 is 2.38 bits per heavy atom. The zero-order valence-corrected chi connectivity index (χ0v) is 15.6. The van der Waals surface area contributed by atoms with Gasteiger partial charge in [-0.05, 0) is 30.5 Å². The maximum Gasteiger partial charge on any atom is 0.151 e. The molecule has 134 valence electrons. The summed E-state index contributed by atoms with van der Waals surface area (Å²) < 4.78 is 47.0. The Balaban J connectivity index is 1.76. The third-order valence-electron chi connectivity index (χ3n) is 4.47. The van der Waals surface area contributed by atoms with Gasteiger partial charge in [-0.15, -0.1) is 0 Å². The van der Waals surface area contributed by atoms with Gasteiger partial charge in [-0.1, -0.05) is 23.7 Å². The van der Waals surface area contributed by atoms with Crippen LogP contribution in [-0.4, -0.2) is 56.9 Å². The molecule has 0 bridgehead atoms. The average molecular weight is 393 g/mol. The van der Waals surface area contributed by atoms with Crippen molar-refractivity contribution in [2.24, 2.45) is 0 Å². The van der Waals surface area contributed by atoms with E-state index >= 15 is 0 Å². The topological polar surface area (TPSA) is 83.6 Å². The first-order valence-corrected chi connectivity index (χ1v) is 11.9. The highest BCUT2D eigenvalue weighted by molar-refractivity contribution is 7.91. The Morgan fingerprint density at radius 2 is 1.79 bits per heavy atom. The Hall–Kier alpha value is -0.670. The molecule has 0 amide bonds. The lowest BCUT2D eigenvalue weighted by Crippen LogP contribution is -2.50. The first-order valence-electron chi connectivity index (χ1n) is 7.90. The van der Waals surface area contributed by atoms with Crippen molar-refractivity contribution >= 4 is 31.3 Å². The third kappa shape index (κ3) is 4.70. The van der Waals surface area contributed by atoms with Crippen molar-refractivity contribution in [1.29, 1.82) is 0 Å². The molecule has 0 unspecified atom stereocenters. The van der Waals surface area contributed by atoms with Crippen LogP contribution in [0.3, 0.4) is 0 Å². The summed E-state index contributed by atoms with van der Waals surface area (Å²) in [7, 11) is -6.02. The number of hydrogen-bond donors (Lipinski definition) is 1. The molecule has 0 spiro atoms. The fourth-order valence-electron chi connectivity index (χ4n) is 3.26. The van der Waals surface area contributed by atoms with Crippen LogP contribution in [0.15, 0.2) is 24.3 Å². The lowest BCUT2D eigenvalue weighted by atomic mass is 10.2. The molecule has 0 aromatic heterocycles. The number of benzene rings is 1. The molecule has 24 heavy (non-hydrogen) atoms. The van der Waals surface area contributed by atoms with Crippen LogP contribution in [0, 0.1) is 0 Å². The summed E-state index contributed by atoms with van der Waals surface area (Å²) in [5.41, 5.74) is 4.22. The van der Waals surface area contributed by atoms with E-state index in [4.69, 9.17) is 11.6 Å². The molecule has 6 nitrogen and oxygen atoms in total.